The molecule has 0 saturated heterocycles. The van der Waals surface area contributed by atoms with Gasteiger partial charge in [0.25, 0.3) is 0 Å². The average molecular weight is 321 g/mol. The Morgan fingerprint density at radius 3 is 2.74 bits per heavy atom. The fraction of sp³-hybridized carbons (Fsp3) is 0.0714. The van der Waals surface area contributed by atoms with E-state index in [-0.39, 0.29) is 5.69 Å². The first-order chi connectivity index (χ1) is 9.15. The molecule has 0 aliphatic heterocycles. The number of nitriles is 1. The van der Waals surface area contributed by atoms with Gasteiger partial charge in [0.05, 0.1) is 24.0 Å². The summed E-state index contributed by atoms with van der Waals surface area (Å²) in [6.45, 7) is 0. The van der Waals surface area contributed by atoms with Gasteiger partial charge in [-0.2, -0.15) is 5.26 Å². The third kappa shape index (κ3) is 2.85. The van der Waals surface area contributed by atoms with Crippen molar-refractivity contribution in [1.29, 1.82) is 5.26 Å². The molecule has 0 atom stereocenters. The first kappa shape index (κ1) is 13.4. The summed E-state index contributed by atoms with van der Waals surface area (Å²) in [6.07, 6.45) is 0. The molecule has 0 aliphatic carbocycles. The standard InChI is InChI=1S/C14H10BrFN2O/c1-19-9-5-6-12(16)14(7-9)18-13-4-2-3-11(15)10(13)8-17/h2-7,18H,1H3. The Kier molecular flexibility index (Phi) is 4.03. The van der Waals surface area contributed by atoms with Gasteiger partial charge in [0.1, 0.15) is 17.6 Å². The number of ether oxygens (including phenoxy) is 1. The van der Waals surface area contributed by atoms with Crippen molar-refractivity contribution in [2.45, 2.75) is 0 Å². The number of nitrogens with one attached hydrogen (secondary N) is 1. The molecule has 96 valence electrons. The molecule has 0 radical (unpaired) electrons. The summed E-state index contributed by atoms with van der Waals surface area (Å²) in [5.41, 5.74) is 1.21. The number of rotatable bonds is 3. The van der Waals surface area contributed by atoms with Gasteiger partial charge in [-0.3, -0.25) is 0 Å². The lowest BCUT2D eigenvalue weighted by molar-refractivity contribution is 0.414. The van der Waals surface area contributed by atoms with Crippen LogP contribution >= 0.6 is 15.9 Å². The van der Waals surface area contributed by atoms with Crippen molar-refractivity contribution < 1.29 is 9.13 Å². The van der Waals surface area contributed by atoms with Gasteiger partial charge in [0.2, 0.25) is 0 Å². The first-order valence-electron chi connectivity index (χ1n) is 5.45. The number of methoxy groups -OCH3 is 1. The molecule has 2 aromatic carbocycles. The molecule has 3 nitrogen and oxygen atoms in total. The lowest BCUT2D eigenvalue weighted by Gasteiger charge is -2.11. The van der Waals surface area contributed by atoms with Crippen LogP contribution in [0.2, 0.25) is 0 Å². The maximum atomic E-state index is 13.7. The van der Waals surface area contributed by atoms with Gasteiger partial charge in [-0.1, -0.05) is 6.07 Å². The second kappa shape index (κ2) is 5.72. The zero-order valence-electron chi connectivity index (χ0n) is 10.1. The lowest BCUT2D eigenvalue weighted by atomic mass is 10.2. The van der Waals surface area contributed by atoms with Crippen LogP contribution < -0.4 is 10.1 Å². The Morgan fingerprint density at radius 2 is 2.05 bits per heavy atom. The summed E-state index contributed by atoms with van der Waals surface area (Å²) in [4.78, 5) is 0. The molecule has 0 saturated carbocycles. The van der Waals surface area contributed by atoms with E-state index >= 15 is 0 Å². The maximum Gasteiger partial charge on any atom is 0.146 e. The van der Waals surface area contributed by atoms with E-state index in [1.54, 1.807) is 18.2 Å². The van der Waals surface area contributed by atoms with Gasteiger partial charge in [0.15, 0.2) is 0 Å². The zero-order valence-corrected chi connectivity index (χ0v) is 11.7. The third-order valence-electron chi connectivity index (χ3n) is 2.57. The molecule has 1 N–H and O–H groups in total. The van der Waals surface area contributed by atoms with E-state index in [0.717, 1.165) is 0 Å². The average Bonchev–Trinajstić information content (AvgIpc) is 2.41. The predicted molar refractivity (Wildman–Crippen MR) is 75.1 cm³/mol. The highest BCUT2D eigenvalue weighted by Crippen LogP contribution is 2.29. The minimum absolute atomic E-state index is 0.258. The van der Waals surface area contributed by atoms with Crippen molar-refractivity contribution >= 4 is 27.3 Å². The number of nitrogens with zero attached hydrogens (tertiary/aromatic N) is 1. The Hall–Kier alpha value is -2.06. The molecule has 0 aliphatic rings. The number of benzene rings is 2. The van der Waals surface area contributed by atoms with Crippen LogP contribution in [0.5, 0.6) is 5.75 Å². The molecule has 0 spiro atoms. The Morgan fingerprint density at radius 1 is 1.26 bits per heavy atom. The quantitative estimate of drug-likeness (QED) is 0.921. The lowest BCUT2D eigenvalue weighted by Crippen LogP contribution is -1.97. The normalized spacial score (nSPS) is 9.79. The SMILES string of the molecule is COc1ccc(F)c(Nc2cccc(Br)c2C#N)c1. The number of halogens is 2. The molecule has 0 amide bonds. The van der Waals surface area contributed by atoms with E-state index < -0.39 is 5.82 Å². The molecule has 5 heteroatoms. The minimum atomic E-state index is -0.412. The molecule has 0 unspecified atom stereocenters. The van der Waals surface area contributed by atoms with Crippen LogP contribution in [0.25, 0.3) is 0 Å². The summed E-state index contributed by atoms with van der Waals surface area (Å²) >= 11 is 3.29. The number of hydrogen-bond donors (Lipinski definition) is 1. The topological polar surface area (TPSA) is 45.0 Å². The molecule has 19 heavy (non-hydrogen) atoms. The van der Waals surface area contributed by atoms with Crippen LogP contribution in [0, 0.1) is 17.1 Å². The van der Waals surface area contributed by atoms with Gasteiger partial charge in [-0.15, -0.1) is 0 Å². The van der Waals surface area contributed by atoms with Crippen molar-refractivity contribution in [2.24, 2.45) is 0 Å². The Labute approximate surface area is 118 Å². The number of anilines is 2. The summed E-state index contributed by atoms with van der Waals surface area (Å²) in [5.74, 6) is 0.127. The van der Waals surface area contributed by atoms with Crippen molar-refractivity contribution in [2.75, 3.05) is 12.4 Å². The van der Waals surface area contributed by atoms with E-state index in [9.17, 15) is 4.39 Å². The second-order valence-electron chi connectivity index (χ2n) is 3.74. The monoisotopic (exact) mass is 320 g/mol. The smallest absolute Gasteiger partial charge is 0.146 e. The van der Waals surface area contributed by atoms with Crippen molar-refractivity contribution in [3.8, 4) is 11.8 Å². The van der Waals surface area contributed by atoms with E-state index in [1.165, 1.54) is 25.3 Å². The summed E-state index contributed by atoms with van der Waals surface area (Å²) in [5, 5.41) is 12.0. The van der Waals surface area contributed by atoms with Crippen LogP contribution in [0.3, 0.4) is 0 Å². The van der Waals surface area contributed by atoms with Gasteiger partial charge in [-0.05, 0) is 40.2 Å². The third-order valence-corrected chi connectivity index (χ3v) is 3.23. The molecule has 2 rings (SSSR count). The van der Waals surface area contributed by atoms with E-state index in [1.807, 2.05) is 0 Å². The zero-order chi connectivity index (χ0) is 13.8. The van der Waals surface area contributed by atoms with Crippen molar-refractivity contribution in [3.05, 3.63) is 52.3 Å². The first-order valence-corrected chi connectivity index (χ1v) is 6.24. The van der Waals surface area contributed by atoms with Crippen LogP contribution in [0.4, 0.5) is 15.8 Å². The van der Waals surface area contributed by atoms with Gasteiger partial charge in [0, 0.05) is 10.5 Å². The largest absolute Gasteiger partial charge is 0.497 e. The molecular formula is C14H10BrFN2O. The molecular weight excluding hydrogens is 311 g/mol. The van der Waals surface area contributed by atoms with Gasteiger partial charge >= 0.3 is 0 Å². The summed E-state index contributed by atoms with van der Waals surface area (Å²) < 4.78 is 19.4. The molecule has 0 fully saturated rings. The Bertz CT molecular complexity index is 652. The highest BCUT2D eigenvalue weighted by atomic mass is 79.9. The van der Waals surface area contributed by atoms with Crippen LogP contribution in [-0.4, -0.2) is 7.11 Å². The molecule has 2 aromatic rings. The Balaban J connectivity index is 2.42. The van der Waals surface area contributed by atoms with Gasteiger partial charge < -0.3 is 10.1 Å². The fourth-order valence-corrected chi connectivity index (χ4v) is 2.07. The predicted octanol–water partition coefficient (Wildman–Crippen LogP) is 4.21. The van der Waals surface area contributed by atoms with Crippen molar-refractivity contribution in [3.63, 3.8) is 0 Å². The molecule has 0 bridgehead atoms. The second-order valence-corrected chi connectivity index (χ2v) is 4.60. The van der Waals surface area contributed by atoms with Crippen LogP contribution in [-0.2, 0) is 0 Å². The van der Waals surface area contributed by atoms with E-state index in [4.69, 9.17) is 10.00 Å². The minimum Gasteiger partial charge on any atom is -0.497 e. The van der Waals surface area contributed by atoms with E-state index in [2.05, 4.69) is 27.3 Å². The van der Waals surface area contributed by atoms with Crippen LogP contribution in [0.15, 0.2) is 40.9 Å². The highest BCUT2D eigenvalue weighted by molar-refractivity contribution is 9.10. The van der Waals surface area contributed by atoms with E-state index in [0.29, 0.717) is 21.5 Å². The molecule has 0 heterocycles. The van der Waals surface area contributed by atoms with Crippen molar-refractivity contribution in [1.82, 2.24) is 0 Å². The molecule has 0 aromatic heterocycles. The summed E-state index contributed by atoms with van der Waals surface area (Å²) in [6, 6.07) is 11.7. The number of hydrogen-bond acceptors (Lipinski definition) is 3. The fourth-order valence-electron chi connectivity index (χ4n) is 1.61. The highest BCUT2D eigenvalue weighted by Gasteiger charge is 2.09. The maximum absolute atomic E-state index is 13.7. The van der Waals surface area contributed by atoms with Gasteiger partial charge in [-0.25, -0.2) is 4.39 Å². The summed E-state index contributed by atoms with van der Waals surface area (Å²) in [7, 11) is 1.51. The van der Waals surface area contributed by atoms with Crippen LogP contribution in [0.1, 0.15) is 5.56 Å².